The van der Waals surface area contributed by atoms with Crippen LogP contribution in [0.3, 0.4) is 0 Å². The third-order valence-corrected chi connectivity index (χ3v) is 7.20. The lowest BCUT2D eigenvalue weighted by molar-refractivity contribution is 0.0601. The maximum atomic E-state index is 13.9. The van der Waals surface area contributed by atoms with Crippen LogP contribution in [-0.2, 0) is 0 Å². The highest BCUT2D eigenvalue weighted by Gasteiger charge is 2.32. The highest BCUT2D eigenvalue weighted by molar-refractivity contribution is 6.31. The van der Waals surface area contributed by atoms with E-state index in [0.717, 1.165) is 61.6 Å². The number of nitrogens with one attached hydrogen (secondary N) is 1. The molecule has 0 aliphatic carbocycles. The van der Waals surface area contributed by atoms with Crippen LogP contribution in [0, 0.1) is 0 Å². The number of amides is 1. The normalized spacial score (nSPS) is 19.2. The molecule has 37 heavy (non-hydrogen) atoms. The molecule has 0 saturated carbocycles. The van der Waals surface area contributed by atoms with Crippen molar-refractivity contribution >= 4 is 34.8 Å². The molecule has 198 valence electrons. The predicted octanol–water partition coefficient (Wildman–Crippen LogP) is 4.51. The molecule has 10 heteroatoms. The Kier molecular flexibility index (Phi) is 7.18. The summed E-state index contributed by atoms with van der Waals surface area (Å²) in [5, 5.41) is 8.91. The molecule has 5 rings (SSSR count). The number of hydrogen-bond donors (Lipinski definition) is 2. The maximum Gasteiger partial charge on any atom is 0.258 e. The lowest BCUT2D eigenvalue weighted by Gasteiger charge is -2.35. The van der Waals surface area contributed by atoms with Gasteiger partial charge in [0.15, 0.2) is 5.65 Å². The first-order valence-electron chi connectivity index (χ1n) is 13.1. The largest absolute Gasteiger partial charge is 0.493 e. The molecule has 2 bridgehead atoms. The fraction of sp³-hybridized carbons (Fsp3) is 0.519. The molecular weight excluding hydrogens is 490 g/mol. The van der Waals surface area contributed by atoms with Crippen molar-refractivity contribution in [1.82, 2.24) is 19.5 Å². The monoisotopic (exact) mass is 525 g/mol. The number of benzene rings is 1. The average molecular weight is 526 g/mol. The van der Waals surface area contributed by atoms with Crippen LogP contribution in [0.25, 0.3) is 5.65 Å². The van der Waals surface area contributed by atoms with Gasteiger partial charge < -0.3 is 25.6 Å². The predicted molar refractivity (Wildman–Crippen MR) is 147 cm³/mol. The van der Waals surface area contributed by atoms with Crippen LogP contribution in [0.4, 0.5) is 11.6 Å². The Bertz CT molecular complexity index is 1290. The molecule has 3 aromatic rings. The standard InChI is InChI=1S/C27H36ClN7O2/c1-27(2,29)17-30-23-16-25-33(3)11-6-7-13-37-22-10-9-18(28)14-19(22)26(36)34-12-5-4-8-21(34)20-15-24(31-23)35(25)32-20/h9-10,14-16,21H,4-8,11-13,17,29H2,1-3H3,(H,30,31). The Morgan fingerprint density at radius 3 is 2.78 bits per heavy atom. The van der Waals surface area contributed by atoms with Gasteiger partial charge in [-0.15, -0.1) is 0 Å². The van der Waals surface area contributed by atoms with E-state index in [2.05, 4.69) is 17.3 Å². The zero-order chi connectivity index (χ0) is 26.2. The summed E-state index contributed by atoms with van der Waals surface area (Å²) in [5.41, 5.74) is 7.92. The SMILES string of the molecule is CN1CCCCOc2ccc(Cl)cc2C(=O)N2CCCCC2c2cc3nc(NCC(C)(C)N)cc1n3n2. The van der Waals surface area contributed by atoms with Crippen LogP contribution in [0.15, 0.2) is 30.3 Å². The minimum atomic E-state index is -0.374. The molecule has 1 fully saturated rings. The van der Waals surface area contributed by atoms with Crippen molar-refractivity contribution in [3.05, 3.63) is 46.6 Å². The van der Waals surface area contributed by atoms with Crippen molar-refractivity contribution in [3.8, 4) is 5.75 Å². The van der Waals surface area contributed by atoms with E-state index in [1.54, 1.807) is 18.2 Å². The molecule has 4 heterocycles. The number of fused-ring (bicyclic) bond motifs is 4. The van der Waals surface area contributed by atoms with E-state index in [9.17, 15) is 4.79 Å². The highest BCUT2D eigenvalue weighted by atomic mass is 35.5. The molecule has 3 N–H and O–H groups in total. The highest BCUT2D eigenvalue weighted by Crippen LogP contribution is 2.35. The van der Waals surface area contributed by atoms with Crippen LogP contribution < -0.4 is 20.7 Å². The first-order chi connectivity index (χ1) is 17.7. The molecule has 0 spiro atoms. The number of carbonyl (C=O) groups excluding carboxylic acids is 1. The van der Waals surface area contributed by atoms with Gasteiger partial charge in [0.1, 0.15) is 17.4 Å². The number of nitrogens with two attached hydrogens (primary N) is 1. The molecule has 0 radical (unpaired) electrons. The summed E-state index contributed by atoms with van der Waals surface area (Å²) in [6, 6.07) is 9.17. The van der Waals surface area contributed by atoms with E-state index in [0.29, 0.717) is 36.0 Å². The molecule has 1 unspecified atom stereocenters. The summed E-state index contributed by atoms with van der Waals surface area (Å²) in [4.78, 5) is 22.8. The van der Waals surface area contributed by atoms with Gasteiger partial charge in [0, 0.05) is 49.4 Å². The first-order valence-corrected chi connectivity index (χ1v) is 13.5. The third kappa shape index (κ3) is 5.62. The fourth-order valence-electron chi connectivity index (χ4n) is 5.00. The van der Waals surface area contributed by atoms with Crippen molar-refractivity contribution in [1.29, 1.82) is 0 Å². The summed E-state index contributed by atoms with van der Waals surface area (Å²) in [5.74, 6) is 2.20. The number of piperidine rings is 1. The third-order valence-electron chi connectivity index (χ3n) is 6.97. The van der Waals surface area contributed by atoms with Gasteiger partial charge in [-0.1, -0.05) is 11.6 Å². The number of hydrogen-bond acceptors (Lipinski definition) is 7. The second-order valence-corrected chi connectivity index (χ2v) is 11.2. The smallest absolute Gasteiger partial charge is 0.258 e. The summed E-state index contributed by atoms with van der Waals surface area (Å²) >= 11 is 6.31. The van der Waals surface area contributed by atoms with E-state index in [1.165, 1.54) is 0 Å². The molecule has 9 nitrogen and oxygen atoms in total. The molecule has 1 amide bonds. The Morgan fingerprint density at radius 1 is 1.16 bits per heavy atom. The minimum absolute atomic E-state index is 0.0769. The van der Waals surface area contributed by atoms with Gasteiger partial charge in [-0.25, -0.2) is 4.98 Å². The molecule has 2 aromatic heterocycles. The van der Waals surface area contributed by atoms with Crippen LogP contribution in [-0.4, -0.2) is 64.2 Å². The van der Waals surface area contributed by atoms with E-state index < -0.39 is 0 Å². The summed E-state index contributed by atoms with van der Waals surface area (Å²) in [7, 11) is 2.07. The van der Waals surface area contributed by atoms with E-state index in [4.69, 9.17) is 32.2 Å². The molecule has 1 atom stereocenters. The van der Waals surface area contributed by atoms with Gasteiger partial charge in [0.2, 0.25) is 0 Å². The quantitative estimate of drug-likeness (QED) is 0.519. The molecular formula is C27H36ClN7O2. The number of carbonyl (C=O) groups is 1. The molecule has 1 aromatic carbocycles. The van der Waals surface area contributed by atoms with Crippen molar-refractivity contribution in [2.75, 3.05) is 43.5 Å². The van der Waals surface area contributed by atoms with E-state index >= 15 is 0 Å². The van der Waals surface area contributed by atoms with Crippen molar-refractivity contribution in [2.45, 2.75) is 57.5 Å². The number of aromatic nitrogens is 3. The molecule has 2 aliphatic rings. The fourth-order valence-corrected chi connectivity index (χ4v) is 5.17. The van der Waals surface area contributed by atoms with Crippen molar-refractivity contribution in [2.24, 2.45) is 5.73 Å². The zero-order valence-electron chi connectivity index (χ0n) is 21.8. The first kappa shape index (κ1) is 25.6. The molecule has 1 saturated heterocycles. The number of halogens is 1. The van der Waals surface area contributed by atoms with Crippen LogP contribution in [0.2, 0.25) is 5.02 Å². The number of nitrogens with zero attached hydrogens (tertiary/aromatic N) is 5. The second-order valence-electron chi connectivity index (χ2n) is 10.8. The topological polar surface area (TPSA) is 101 Å². The van der Waals surface area contributed by atoms with Crippen LogP contribution in [0.1, 0.15) is 68.0 Å². The van der Waals surface area contributed by atoms with Crippen molar-refractivity contribution < 1.29 is 9.53 Å². The minimum Gasteiger partial charge on any atom is -0.493 e. The Hall–Kier alpha value is -3.04. The Morgan fingerprint density at radius 2 is 1.97 bits per heavy atom. The lowest BCUT2D eigenvalue weighted by Crippen LogP contribution is -2.39. The summed E-state index contributed by atoms with van der Waals surface area (Å²) in [6.07, 6.45) is 4.57. The number of rotatable bonds is 3. The number of ether oxygens (including phenoxy) is 1. The summed E-state index contributed by atoms with van der Waals surface area (Å²) < 4.78 is 7.99. The average Bonchev–Trinajstić information content (AvgIpc) is 3.30. The maximum absolute atomic E-state index is 13.9. The Balaban J connectivity index is 1.59. The van der Waals surface area contributed by atoms with Crippen LogP contribution in [0.5, 0.6) is 5.75 Å². The molecule has 2 aliphatic heterocycles. The van der Waals surface area contributed by atoms with Gasteiger partial charge in [0.25, 0.3) is 5.91 Å². The van der Waals surface area contributed by atoms with E-state index in [-0.39, 0.29) is 17.5 Å². The van der Waals surface area contributed by atoms with Gasteiger partial charge in [0.05, 0.1) is 23.9 Å². The van der Waals surface area contributed by atoms with Crippen molar-refractivity contribution in [3.63, 3.8) is 0 Å². The van der Waals surface area contributed by atoms with Gasteiger partial charge in [-0.2, -0.15) is 9.61 Å². The lowest BCUT2D eigenvalue weighted by atomic mass is 9.98. The Labute approximate surface area is 222 Å². The second kappa shape index (κ2) is 10.4. The van der Waals surface area contributed by atoms with Crippen LogP contribution >= 0.6 is 11.6 Å². The van der Waals surface area contributed by atoms with Gasteiger partial charge in [-0.05, 0) is 64.2 Å². The van der Waals surface area contributed by atoms with Gasteiger partial charge >= 0.3 is 0 Å². The number of anilines is 2. The zero-order valence-corrected chi connectivity index (χ0v) is 22.6. The summed E-state index contributed by atoms with van der Waals surface area (Å²) in [6.45, 7) is 6.55. The van der Waals surface area contributed by atoms with E-state index in [1.807, 2.05) is 35.4 Å². The van der Waals surface area contributed by atoms with Gasteiger partial charge in [-0.3, -0.25) is 4.79 Å².